The smallest absolute Gasteiger partial charge is 0.255 e. The van der Waals surface area contributed by atoms with Crippen molar-refractivity contribution >= 4 is 11.6 Å². The average Bonchev–Trinajstić information content (AvgIpc) is 2.32. The number of aryl methyl sites for hydroxylation is 1. The maximum atomic E-state index is 13.3. The number of aromatic hydroxyl groups is 2. The largest absolute Gasteiger partial charge is 0.508 e. The molecule has 0 spiro atoms. The first-order valence-corrected chi connectivity index (χ1v) is 5.56. The van der Waals surface area contributed by atoms with Crippen molar-refractivity contribution in [3.05, 3.63) is 53.3 Å². The molecule has 0 aliphatic heterocycles. The summed E-state index contributed by atoms with van der Waals surface area (Å²) >= 11 is 0. The van der Waals surface area contributed by atoms with Crippen LogP contribution >= 0.6 is 0 Å². The fourth-order valence-electron chi connectivity index (χ4n) is 1.60. The Labute approximate surface area is 109 Å². The van der Waals surface area contributed by atoms with Crippen LogP contribution in [-0.4, -0.2) is 16.1 Å². The molecule has 0 heterocycles. The zero-order valence-corrected chi connectivity index (χ0v) is 10.1. The Kier molecular flexibility index (Phi) is 3.37. The number of benzene rings is 2. The van der Waals surface area contributed by atoms with Crippen molar-refractivity contribution < 1.29 is 19.4 Å². The Morgan fingerprint density at radius 2 is 1.74 bits per heavy atom. The third-order valence-electron chi connectivity index (χ3n) is 2.59. The number of phenols is 2. The van der Waals surface area contributed by atoms with E-state index in [0.717, 1.165) is 6.07 Å². The molecule has 3 N–H and O–H groups in total. The molecule has 2 aromatic rings. The molecule has 5 heteroatoms. The van der Waals surface area contributed by atoms with Gasteiger partial charge in [0.15, 0.2) is 0 Å². The van der Waals surface area contributed by atoms with Crippen molar-refractivity contribution in [2.45, 2.75) is 6.92 Å². The Hall–Kier alpha value is -2.56. The second-order valence-electron chi connectivity index (χ2n) is 4.16. The molecule has 0 fully saturated rings. The van der Waals surface area contributed by atoms with Gasteiger partial charge in [-0.15, -0.1) is 0 Å². The molecule has 2 aromatic carbocycles. The van der Waals surface area contributed by atoms with Crippen LogP contribution in [0.4, 0.5) is 10.1 Å². The molecule has 0 bridgehead atoms. The summed E-state index contributed by atoms with van der Waals surface area (Å²) < 4.78 is 13.3. The number of hydrogen-bond donors (Lipinski definition) is 3. The molecule has 0 radical (unpaired) electrons. The highest BCUT2D eigenvalue weighted by Gasteiger charge is 2.09. The minimum absolute atomic E-state index is 0.0819. The van der Waals surface area contributed by atoms with Crippen molar-refractivity contribution in [1.29, 1.82) is 0 Å². The van der Waals surface area contributed by atoms with Gasteiger partial charge in [0.2, 0.25) is 0 Å². The van der Waals surface area contributed by atoms with E-state index in [0.29, 0.717) is 11.3 Å². The molecule has 2 rings (SSSR count). The number of nitrogens with one attached hydrogen (secondary N) is 1. The van der Waals surface area contributed by atoms with E-state index < -0.39 is 11.7 Å². The van der Waals surface area contributed by atoms with Crippen molar-refractivity contribution in [3.8, 4) is 11.5 Å². The van der Waals surface area contributed by atoms with E-state index in [1.165, 1.54) is 18.2 Å². The molecule has 0 aromatic heterocycles. The lowest BCUT2D eigenvalue weighted by atomic mass is 10.1. The Morgan fingerprint density at radius 1 is 1.11 bits per heavy atom. The number of carbonyl (C=O) groups excluding carboxylic acids is 1. The highest BCUT2D eigenvalue weighted by Crippen LogP contribution is 2.21. The first-order valence-electron chi connectivity index (χ1n) is 5.56. The van der Waals surface area contributed by atoms with Gasteiger partial charge in [-0.1, -0.05) is 6.07 Å². The number of amides is 1. The molecule has 0 saturated carbocycles. The van der Waals surface area contributed by atoms with E-state index in [9.17, 15) is 19.4 Å². The summed E-state index contributed by atoms with van der Waals surface area (Å²) in [6.07, 6.45) is 0. The van der Waals surface area contributed by atoms with Crippen molar-refractivity contribution in [3.63, 3.8) is 0 Å². The third kappa shape index (κ3) is 3.01. The standard InChI is InChI=1S/C14H12FNO3/c1-8-2-3-10(6-13(8)15)16-14(19)9-4-11(17)7-12(18)5-9/h2-7,17-18H,1H3,(H,16,19). The molecule has 0 aliphatic rings. The summed E-state index contributed by atoms with van der Waals surface area (Å²) in [5.41, 5.74) is 0.863. The molecule has 98 valence electrons. The summed E-state index contributed by atoms with van der Waals surface area (Å²) in [7, 11) is 0. The van der Waals surface area contributed by atoms with Crippen LogP contribution in [0.5, 0.6) is 11.5 Å². The van der Waals surface area contributed by atoms with E-state index in [4.69, 9.17) is 0 Å². The summed E-state index contributed by atoms with van der Waals surface area (Å²) in [6.45, 7) is 1.62. The number of hydrogen-bond acceptors (Lipinski definition) is 3. The minimum atomic E-state index is -0.547. The van der Waals surface area contributed by atoms with Crippen LogP contribution in [0, 0.1) is 12.7 Å². The number of anilines is 1. The Morgan fingerprint density at radius 3 is 2.32 bits per heavy atom. The Balaban J connectivity index is 2.22. The lowest BCUT2D eigenvalue weighted by molar-refractivity contribution is 0.102. The topological polar surface area (TPSA) is 69.6 Å². The normalized spacial score (nSPS) is 10.2. The Bertz CT molecular complexity index is 620. The molecule has 0 unspecified atom stereocenters. The monoisotopic (exact) mass is 261 g/mol. The zero-order valence-electron chi connectivity index (χ0n) is 10.1. The second-order valence-corrected chi connectivity index (χ2v) is 4.16. The summed E-state index contributed by atoms with van der Waals surface area (Å²) in [6, 6.07) is 7.85. The predicted octanol–water partition coefficient (Wildman–Crippen LogP) is 2.80. The lowest BCUT2D eigenvalue weighted by Crippen LogP contribution is -2.12. The predicted molar refractivity (Wildman–Crippen MR) is 68.9 cm³/mol. The van der Waals surface area contributed by atoms with Crippen LogP contribution in [0.15, 0.2) is 36.4 Å². The summed E-state index contributed by atoms with van der Waals surface area (Å²) in [4.78, 5) is 11.9. The van der Waals surface area contributed by atoms with Gasteiger partial charge < -0.3 is 15.5 Å². The highest BCUT2D eigenvalue weighted by molar-refractivity contribution is 6.04. The molecular weight excluding hydrogens is 249 g/mol. The number of halogens is 1. The van der Waals surface area contributed by atoms with Gasteiger partial charge in [-0.25, -0.2) is 4.39 Å². The van der Waals surface area contributed by atoms with Crippen LogP contribution in [-0.2, 0) is 0 Å². The number of carbonyl (C=O) groups is 1. The highest BCUT2D eigenvalue weighted by atomic mass is 19.1. The van der Waals surface area contributed by atoms with E-state index in [2.05, 4.69) is 5.32 Å². The molecule has 4 nitrogen and oxygen atoms in total. The summed E-state index contributed by atoms with van der Waals surface area (Å²) in [5, 5.41) is 21.1. The van der Waals surface area contributed by atoms with Crippen LogP contribution in [0.25, 0.3) is 0 Å². The van der Waals surface area contributed by atoms with Crippen LogP contribution < -0.4 is 5.32 Å². The van der Waals surface area contributed by atoms with Gasteiger partial charge in [0, 0.05) is 17.3 Å². The van der Waals surface area contributed by atoms with Gasteiger partial charge in [0.25, 0.3) is 5.91 Å². The molecule has 0 aliphatic carbocycles. The van der Waals surface area contributed by atoms with Crippen LogP contribution in [0.3, 0.4) is 0 Å². The van der Waals surface area contributed by atoms with Gasteiger partial charge >= 0.3 is 0 Å². The molecule has 1 amide bonds. The molecular formula is C14H12FNO3. The first-order chi connectivity index (χ1) is 8.95. The SMILES string of the molecule is Cc1ccc(NC(=O)c2cc(O)cc(O)c2)cc1F. The third-order valence-corrected chi connectivity index (χ3v) is 2.59. The quantitative estimate of drug-likeness (QED) is 0.778. The van der Waals surface area contributed by atoms with E-state index in [-0.39, 0.29) is 17.1 Å². The summed E-state index contributed by atoms with van der Waals surface area (Å²) in [5.74, 6) is -1.41. The molecule has 0 saturated heterocycles. The van der Waals surface area contributed by atoms with Gasteiger partial charge in [-0.3, -0.25) is 4.79 Å². The van der Waals surface area contributed by atoms with Crippen LogP contribution in [0.1, 0.15) is 15.9 Å². The van der Waals surface area contributed by atoms with Crippen molar-refractivity contribution in [1.82, 2.24) is 0 Å². The first kappa shape index (κ1) is 12.9. The minimum Gasteiger partial charge on any atom is -0.508 e. The van der Waals surface area contributed by atoms with Gasteiger partial charge in [-0.2, -0.15) is 0 Å². The average molecular weight is 261 g/mol. The van der Waals surface area contributed by atoms with Crippen molar-refractivity contribution in [2.24, 2.45) is 0 Å². The number of rotatable bonds is 2. The van der Waals surface area contributed by atoms with Crippen LogP contribution in [0.2, 0.25) is 0 Å². The van der Waals surface area contributed by atoms with E-state index in [1.54, 1.807) is 19.1 Å². The maximum Gasteiger partial charge on any atom is 0.255 e. The molecule has 0 atom stereocenters. The maximum absolute atomic E-state index is 13.3. The van der Waals surface area contributed by atoms with Gasteiger partial charge in [0.1, 0.15) is 17.3 Å². The lowest BCUT2D eigenvalue weighted by Gasteiger charge is -2.07. The fourth-order valence-corrected chi connectivity index (χ4v) is 1.60. The van der Waals surface area contributed by atoms with Crippen molar-refractivity contribution in [2.75, 3.05) is 5.32 Å². The molecule has 19 heavy (non-hydrogen) atoms. The zero-order chi connectivity index (χ0) is 14.0. The van der Waals surface area contributed by atoms with Gasteiger partial charge in [0.05, 0.1) is 0 Å². The van der Waals surface area contributed by atoms with E-state index in [1.807, 2.05) is 0 Å². The van der Waals surface area contributed by atoms with E-state index >= 15 is 0 Å². The van der Waals surface area contributed by atoms with Gasteiger partial charge in [-0.05, 0) is 36.8 Å². The fraction of sp³-hybridized carbons (Fsp3) is 0.0714. The second kappa shape index (κ2) is 4.97. The number of phenolic OH excluding ortho intramolecular Hbond substituents is 2.